The molecule has 1 fully saturated rings. The first-order valence-electron chi connectivity index (χ1n) is 7.30. The first-order valence-corrected chi connectivity index (χ1v) is 7.30. The van der Waals surface area contributed by atoms with E-state index in [4.69, 9.17) is 0 Å². The Balaban J connectivity index is 1.74. The van der Waals surface area contributed by atoms with Crippen LogP contribution in [-0.4, -0.2) is 28.1 Å². The molecule has 2 aromatic rings. The van der Waals surface area contributed by atoms with Gasteiger partial charge in [0.15, 0.2) is 0 Å². The first-order chi connectivity index (χ1) is 9.74. The molecule has 2 atom stereocenters. The number of aromatic amines is 1. The molecule has 0 bridgehead atoms. The summed E-state index contributed by atoms with van der Waals surface area (Å²) in [4.78, 5) is 15.4. The Bertz CT molecular complexity index is 605. The van der Waals surface area contributed by atoms with Gasteiger partial charge in [-0.05, 0) is 37.1 Å². The molecule has 0 spiro atoms. The zero-order valence-electron chi connectivity index (χ0n) is 11.4. The molecule has 0 aliphatic heterocycles. The topological polar surface area (TPSA) is 65.1 Å². The van der Waals surface area contributed by atoms with E-state index in [-0.39, 0.29) is 11.9 Å². The quantitative estimate of drug-likeness (QED) is 0.736. The van der Waals surface area contributed by atoms with Crippen molar-refractivity contribution in [1.29, 1.82) is 0 Å². The van der Waals surface area contributed by atoms with E-state index in [0.29, 0.717) is 5.56 Å². The third-order valence-corrected chi connectivity index (χ3v) is 4.11. The Morgan fingerprint density at radius 2 is 2.05 bits per heavy atom. The van der Waals surface area contributed by atoms with Crippen LogP contribution in [0.1, 0.15) is 42.5 Å². The summed E-state index contributed by atoms with van der Waals surface area (Å²) in [6.45, 7) is 0. The van der Waals surface area contributed by atoms with Crippen LogP contribution in [0.3, 0.4) is 0 Å². The van der Waals surface area contributed by atoms with E-state index in [1.54, 1.807) is 0 Å². The molecule has 4 nitrogen and oxygen atoms in total. The van der Waals surface area contributed by atoms with Crippen LogP contribution in [0.25, 0.3) is 10.9 Å². The third-order valence-electron chi connectivity index (χ3n) is 4.11. The van der Waals surface area contributed by atoms with E-state index in [1.165, 1.54) is 0 Å². The lowest BCUT2D eigenvalue weighted by Gasteiger charge is -2.21. The van der Waals surface area contributed by atoms with Crippen molar-refractivity contribution in [2.45, 2.75) is 44.2 Å². The Hall–Kier alpha value is -1.81. The van der Waals surface area contributed by atoms with Crippen molar-refractivity contribution < 1.29 is 9.90 Å². The molecule has 3 N–H and O–H groups in total. The van der Waals surface area contributed by atoms with E-state index in [0.717, 1.165) is 43.0 Å². The standard InChI is InChI=1S/C16H20N2O2/c19-15-5-3-1-2-4-14(15)18-16(20)12-6-7-13-11(10-12)8-9-17-13/h6-10,14-15,17,19H,1-5H2,(H,18,20). The van der Waals surface area contributed by atoms with Crippen LogP contribution < -0.4 is 5.32 Å². The summed E-state index contributed by atoms with van der Waals surface area (Å²) in [5, 5.41) is 14.1. The number of fused-ring (bicyclic) bond motifs is 1. The molecule has 1 amide bonds. The van der Waals surface area contributed by atoms with Gasteiger partial charge in [0.1, 0.15) is 0 Å². The van der Waals surface area contributed by atoms with Crippen LogP contribution in [0.2, 0.25) is 0 Å². The molecule has 1 aliphatic carbocycles. The number of rotatable bonds is 2. The molecule has 0 saturated heterocycles. The minimum Gasteiger partial charge on any atom is -0.391 e. The Morgan fingerprint density at radius 1 is 1.20 bits per heavy atom. The number of aliphatic hydroxyl groups excluding tert-OH is 1. The van der Waals surface area contributed by atoms with Crippen molar-refractivity contribution in [2.24, 2.45) is 0 Å². The van der Waals surface area contributed by atoms with Crippen molar-refractivity contribution in [1.82, 2.24) is 10.3 Å². The molecule has 1 aliphatic rings. The van der Waals surface area contributed by atoms with Gasteiger partial charge in [-0.15, -0.1) is 0 Å². The van der Waals surface area contributed by atoms with E-state index >= 15 is 0 Å². The van der Waals surface area contributed by atoms with Gasteiger partial charge in [0.25, 0.3) is 5.91 Å². The molecule has 106 valence electrons. The van der Waals surface area contributed by atoms with Crippen LogP contribution >= 0.6 is 0 Å². The fraction of sp³-hybridized carbons (Fsp3) is 0.438. The number of benzene rings is 1. The second-order valence-corrected chi connectivity index (χ2v) is 5.57. The average Bonchev–Trinajstić information content (AvgIpc) is 2.83. The number of hydrogen-bond donors (Lipinski definition) is 3. The van der Waals surface area contributed by atoms with E-state index in [1.807, 2.05) is 30.5 Å². The lowest BCUT2D eigenvalue weighted by Crippen LogP contribution is -2.42. The number of nitrogens with one attached hydrogen (secondary N) is 2. The van der Waals surface area contributed by atoms with Crippen LogP contribution in [0.5, 0.6) is 0 Å². The highest BCUT2D eigenvalue weighted by atomic mass is 16.3. The number of aromatic nitrogens is 1. The predicted octanol–water partition coefficient (Wildman–Crippen LogP) is 2.59. The van der Waals surface area contributed by atoms with Gasteiger partial charge in [-0.1, -0.05) is 19.3 Å². The van der Waals surface area contributed by atoms with E-state index < -0.39 is 6.10 Å². The number of carbonyl (C=O) groups excluding carboxylic acids is 1. The number of carbonyl (C=O) groups is 1. The molecule has 0 radical (unpaired) electrons. The third kappa shape index (κ3) is 2.70. The first kappa shape index (κ1) is 13.2. The second-order valence-electron chi connectivity index (χ2n) is 5.57. The van der Waals surface area contributed by atoms with Crippen molar-refractivity contribution >= 4 is 16.8 Å². The van der Waals surface area contributed by atoms with Crippen molar-refractivity contribution in [3.05, 3.63) is 36.0 Å². The molecule has 20 heavy (non-hydrogen) atoms. The normalized spacial score (nSPS) is 23.4. The van der Waals surface area contributed by atoms with E-state index in [2.05, 4.69) is 10.3 Å². The average molecular weight is 272 g/mol. The number of hydrogen-bond acceptors (Lipinski definition) is 2. The molecule has 1 aromatic carbocycles. The molecule has 3 rings (SSSR count). The Kier molecular flexibility index (Phi) is 3.74. The minimum absolute atomic E-state index is 0.0981. The number of amides is 1. The maximum atomic E-state index is 12.3. The van der Waals surface area contributed by atoms with Gasteiger partial charge < -0.3 is 15.4 Å². The fourth-order valence-corrected chi connectivity index (χ4v) is 2.90. The van der Waals surface area contributed by atoms with Crippen molar-refractivity contribution in [3.63, 3.8) is 0 Å². The summed E-state index contributed by atoms with van der Waals surface area (Å²) in [7, 11) is 0. The lowest BCUT2D eigenvalue weighted by molar-refractivity contribution is 0.0819. The molecule has 4 heteroatoms. The van der Waals surface area contributed by atoms with E-state index in [9.17, 15) is 9.90 Å². The highest BCUT2D eigenvalue weighted by Gasteiger charge is 2.23. The minimum atomic E-state index is -0.419. The highest BCUT2D eigenvalue weighted by molar-refractivity contribution is 5.98. The molecular weight excluding hydrogens is 252 g/mol. The van der Waals surface area contributed by atoms with Gasteiger partial charge in [-0.2, -0.15) is 0 Å². The van der Waals surface area contributed by atoms with Gasteiger partial charge in [0.2, 0.25) is 0 Å². The number of H-pyrrole nitrogens is 1. The summed E-state index contributed by atoms with van der Waals surface area (Å²) >= 11 is 0. The second kappa shape index (κ2) is 5.67. The van der Waals surface area contributed by atoms with Gasteiger partial charge in [0, 0.05) is 22.7 Å². The van der Waals surface area contributed by atoms with Crippen LogP contribution in [-0.2, 0) is 0 Å². The van der Waals surface area contributed by atoms with Crippen LogP contribution in [0, 0.1) is 0 Å². The monoisotopic (exact) mass is 272 g/mol. The van der Waals surface area contributed by atoms with Gasteiger partial charge in [-0.25, -0.2) is 0 Å². The Morgan fingerprint density at radius 3 is 2.95 bits per heavy atom. The maximum Gasteiger partial charge on any atom is 0.251 e. The summed E-state index contributed by atoms with van der Waals surface area (Å²) in [6, 6.07) is 7.44. The summed E-state index contributed by atoms with van der Waals surface area (Å²) < 4.78 is 0. The van der Waals surface area contributed by atoms with Gasteiger partial charge >= 0.3 is 0 Å². The molecular formula is C16H20N2O2. The SMILES string of the molecule is O=C(NC1CCCCCC1O)c1ccc2[nH]ccc2c1. The largest absolute Gasteiger partial charge is 0.391 e. The molecule has 1 heterocycles. The van der Waals surface area contributed by atoms with Crippen molar-refractivity contribution in [3.8, 4) is 0 Å². The maximum absolute atomic E-state index is 12.3. The molecule has 2 unspecified atom stereocenters. The lowest BCUT2D eigenvalue weighted by atomic mass is 10.1. The fourth-order valence-electron chi connectivity index (χ4n) is 2.90. The zero-order valence-corrected chi connectivity index (χ0v) is 11.4. The summed E-state index contributed by atoms with van der Waals surface area (Å²) in [5.41, 5.74) is 1.67. The van der Waals surface area contributed by atoms with Gasteiger partial charge in [0.05, 0.1) is 12.1 Å². The van der Waals surface area contributed by atoms with Crippen LogP contribution in [0.4, 0.5) is 0 Å². The Labute approximate surface area is 118 Å². The summed E-state index contributed by atoms with van der Waals surface area (Å²) in [5.74, 6) is -0.0981. The molecule has 1 saturated carbocycles. The van der Waals surface area contributed by atoms with Gasteiger partial charge in [-0.3, -0.25) is 4.79 Å². The zero-order chi connectivity index (χ0) is 13.9. The van der Waals surface area contributed by atoms with Crippen LogP contribution in [0.15, 0.2) is 30.5 Å². The smallest absolute Gasteiger partial charge is 0.251 e. The predicted molar refractivity (Wildman–Crippen MR) is 78.6 cm³/mol. The highest BCUT2D eigenvalue weighted by Crippen LogP contribution is 2.19. The molecule has 1 aromatic heterocycles. The number of aliphatic hydroxyl groups is 1. The van der Waals surface area contributed by atoms with Crippen molar-refractivity contribution in [2.75, 3.05) is 0 Å². The summed E-state index contributed by atoms with van der Waals surface area (Å²) in [6.07, 6.45) is 6.33.